The third-order valence-corrected chi connectivity index (χ3v) is 3.96. The molecule has 1 unspecified atom stereocenters. The van der Waals surface area contributed by atoms with E-state index in [0.29, 0.717) is 6.42 Å². The second-order valence-electron chi connectivity index (χ2n) is 4.92. The summed E-state index contributed by atoms with van der Waals surface area (Å²) in [6.07, 6.45) is 3.32. The maximum absolute atomic E-state index is 11.1. The molecule has 1 atom stereocenters. The summed E-state index contributed by atoms with van der Waals surface area (Å²) in [4.78, 5) is 0. The molecular weight excluding hydrogens is 240 g/mol. The summed E-state index contributed by atoms with van der Waals surface area (Å²) in [5.41, 5.74) is 2.05. The number of ether oxygens (including phenoxy) is 1. The number of nitrogens with zero attached hydrogens (tertiary/aromatic N) is 2. The highest BCUT2D eigenvalue weighted by Crippen LogP contribution is 2.43. The largest absolute Gasteiger partial charge is 0.497 e. The van der Waals surface area contributed by atoms with Crippen LogP contribution in [0.3, 0.4) is 0 Å². The zero-order valence-electron chi connectivity index (χ0n) is 11.3. The first-order valence-corrected chi connectivity index (χ1v) is 6.61. The van der Waals surface area contributed by atoms with Gasteiger partial charge in [0.2, 0.25) is 0 Å². The topological polar surface area (TPSA) is 47.3 Å². The predicted octanol–water partition coefficient (Wildman–Crippen LogP) is 2.09. The molecule has 1 aliphatic rings. The molecular formula is C15H18N2O2. The molecule has 0 saturated heterocycles. The monoisotopic (exact) mass is 258 g/mol. The smallest absolute Gasteiger partial charge is 0.132 e. The lowest BCUT2D eigenvalue weighted by molar-refractivity contribution is 0.0728. The van der Waals surface area contributed by atoms with Gasteiger partial charge in [-0.2, -0.15) is 5.10 Å². The van der Waals surface area contributed by atoms with Gasteiger partial charge in [-0.3, -0.25) is 4.68 Å². The first-order valence-electron chi connectivity index (χ1n) is 6.61. The SMILES string of the molecule is CCn1nccc1C1(O)CCc2ccc(OC)cc21. The van der Waals surface area contributed by atoms with E-state index in [9.17, 15) is 5.11 Å². The van der Waals surface area contributed by atoms with Gasteiger partial charge >= 0.3 is 0 Å². The number of benzene rings is 1. The van der Waals surface area contributed by atoms with Crippen LogP contribution in [0.15, 0.2) is 30.5 Å². The Kier molecular flexibility index (Phi) is 2.82. The van der Waals surface area contributed by atoms with E-state index in [4.69, 9.17) is 4.74 Å². The molecule has 1 heterocycles. The summed E-state index contributed by atoms with van der Waals surface area (Å²) in [5.74, 6) is 0.779. The van der Waals surface area contributed by atoms with Crippen molar-refractivity contribution in [3.63, 3.8) is 0 Å². The maximum Gasteiger partial charge on any atom is 0.132 e. The second-order valence-corrected chi connectivity index (χ2v) is 4.92. The minimum Gasteiger partial charge on any atom is -0.497 e. The zero-order chi connectivity index (χ0) is 13.5. The number of hydrogen-bond acceptors (Lipinski definition) is 3. The number of aliphatic hydroxyl groups is 1. The van der Waals surface area contributed by atoms with Gasteiger partial charge in [0, 0.05) is 12.7 Å². The van der Waals surface area contributed by atoms with E-state index in [1.54, 1.807) is 13.3 Å². The Morgan fingerprint density at radius 2 is 2.26 bits per heavy atom. The van der Waals surface area contributed by atoms with Crippen LogP contribution in [0.4, 0.5) is 0 Å². The molecule has 4 heteroatoms. The molecule has 0 spiro atoms. The molecule has 0 radical (unpaired) electrons. The standard InChI is InChI=1S/C15H18N2O2/c1-3-17-14(7-9-16-17)15(18)8-6-11-4-5-12(19-2)10-13(11)15/h4-5,7,9-10,18H,3,6,8H2,1-2H3. The minimum atomic E-state index is -0.948. The lowest BCUT2D eigenvalue weighted by Crippen LogP contribution is -2.27. The maximum atomic E-state index is 11.1. The normalized spacial score (nSPS) is 21.4. The summed E-state index contributed by atoms with van der Waals surface area (Å²) in [7, 11) is 1.64. The molecule has 0 fully saturated rings. The van der Waals surface area contributed by atoms with Gasteiger partial charge in [-0.1, -0.05) is 6.07 Å². The van der Waals surface area contributed by atoms with Crippen molar-refractivity contribution in [3.8, 4) is 5.75 Å². The summed E-state index contributed by atoms with van der Waals surface area (Å²) in [6, 6.07) is 7.83. The molecule has 19 heavy (non-hydrogen) atoms. The van der Waals surface area contributed by atoms with Gasteiger partial charge < -0.3 is 9.84 Å². The first kappa shape index (κ1) is 12.2. The molecule has 1 aromatic carbocycles. The van der Waals surface area contributed by atoms with Crippen molar-refractivity contribution in [2.75, 3.05) is 7.11 Å². The average molecular weight is 258 g/mol. The van der Waals surface area contributed by atoms with Gasteiger partial charge in [0.15, 0.2) is 0 Å². The Hall–Kier alpha value is -1.81. The van der Waals surface area contributed by atoms with Gasteiger partial charge in [0.05, 0.1) is 12.8 Å². The van der Waals surface area contributed by atoms with E-state index >= 15 is 0 Å². The second kappa shape index (κ2) is 4.38. The van der Waals surface area contributed by atoms with Crippen LogP contribution >= 0.6 is 0 Å². The molecule has 1 N–H and O–H groups in total. The first-order chi connectivity index (χ1) is 9.19. The van der Waals surface area contributed by atoms with Gasteiger partial charge in [0.25, 0.3) is 0 Å². The fourth-order valence-corrected chi connectivity index (χ4v) is 2.94. The summed E-state index contributed by atoms with van der Waals surface area (Å²) < 4.78 is 7.13. The van der Waals surface area contributed by atoms with E-state index in [0.717, 1.165) is 30.0 Å². The highest BCUT2D eigenvalue weighted by Gasteiger charge is 2.40. The molecule has 0 amide bonds. The highest BCUT2D eigenvalue weighted by atomic mass is 16.5. The van der Waals surface area contributed by atoms with Crippen LogP contribution in [0.25, 0.3) is 0 Å². The molecule has 1 aliphatic carbocycles. The number of hydrogen-bond donors (Lipinski definition) is 1. The average Bonchev–Trinajstić information content (AvgIpc) is 3.04. The van der Waals surface area contributed by atoms with E-state index in [1.165, 1.54) is 5.56 Å². The predicted molar refractivity (Wildman–Crippen MR) is 72.2 cm³/mol. The van der Waals surface area contributed by atoms with Crippen LogP contribution < -0.4 is 4.74 Å². The summed E-state index contributed by atoms with van der Waals surface area (Å²) in [6.45, 7) is 2.78. The Bertz CT molecular complexity index is 606. The lowest BCUT2D eigenvalue weighted by Gasteiger charge is -2.25. The van der Waals surface area contributed by atoms with Crippen LogP contribution in [-0.2, 0) is 18.6 Å². The number of rotatable bonds is 3. The van der Waals surface area contributed by atoms with Crippen molar-refractivity contribution < 1.29 is 9.84 Å². The van der Waals surface area contributed by atoms with Crippen LogP contribution in [0.1, 0.15) is 30.2 Å². The molecule has 0 saturated carbocycles. The quantitative estimate of drug-likeness (QED) is 0.917. The highest BCUT2D eigenvalue weighted by molar-refractivity contribution is 5.47. The molecule has 3 rings (SSSR count). The van der Waals surface area contributed by atoms with E-state index in [-0.39, 0.29) is 0 Å². The number of aromatic nitrogens is 2. The van der Waals surface area contributed by atoms with Crippen molar-refractivity contribution in [2.24, 2.45) is 0 Å². The third kappa shape index (κ3) is 1.75. The van der Waals surface area contributed by atoms with Crippen LogP contribution in [0, 0.1) is 0 Å². The van der Waals surface area contributed by atoms with Crippen LogP contribution in [0.2, 0.25) is 0 Å². The van der Waals surface area contributed by atoms with Crippen molar-refractivity contribution >= 4 is 0 Å². The summed E-state index contributed by atoms with van der Waals surface area (Å²) >= 11 is 0. The summed E-state index contributed by atoms with van der Waals surface area (Å²) in [5, 5.41) is 15.4. The minimum absolute atomic E-state index is 0.696. The van der Waals surface area contributed by atoms with Gasteiger partial charge in [-0.25, -0.2) is 0 Å². The molecule has 0 aliphatic heterocycles. The Morgan fingerprint density at radius 1 is 1.42 bits per heavy atom. The van der Waals surface area contributed by atoms with Crippen molar-refractivity contribution in [3.05, 3.63) is 47.3 Å². The third-order valence-electron chi connectivity index (χ3n) is 3.96. The van der Waals surface area contributed by atoms with Crippen molar-refractivity contribution in [1.82, 2.24) is 9.78 Å². The van der Waals surface area contributed by atoms with Gasteiger partial charge in [-0.05, 0) is 49.1 Å². The van der Waals surface area contributed by atoms with Crippen LogP contribution in [-0.4, -0.2) is 22.0 Å². The zero-order valence-corrected chi connectivity index (χ0v) is 11.3. The van der Waals surface area contributed by atoms with Gasteiger partial charge in [0.1, 0.15) is 11.4 Å². The fourth-order valence-electron chi connectivity index (χ4n) is 2.94. The van der Waals surface area contributed by atoms with E-state index < -0.39 is 5.60 Å². The molecule has 100 valence electrons. The fraction of sp³-hybridized carbons (Fsp3) is 0.400. The molecule has 0 bridgehead atoms. The van der Waals surface area contributed by atoms with Gasteiger partial charge in [-0.15, -0.1) is 0 Å². The number of fused-ring (bicyclic) bond motifs is 1. The van der Waals surface area contributed by atoms with Crippen LogP contribution in [0.5, 0.6) is 5.75 Å². The molecule has 2 aromatic rings. The molecule has 1 aromatic heterocycles. The van der Waals surface area contributed by atoms with E-state index in [2.05, 4.69) is 5.10 Å². The molecule has 4 nitrogen and oxygen atoms in total. The number of aryl methyl sites for hydroxylation is 2. The van der Waals surface area contributed by atoms with E-state index in [1.807, 2.05) is 35.9 Å². The van der Waals surface area contributed by atoms with Crippen molar-refractivity contribution in [2.45, 2.75) is 31.9 Å². The number of methoxy groups -OCH3 is 1. The Labute approximate surface area is 112 Å². The lowest BCUT2D eigenvalue weighted by atomic mass is 9.92. The Balaban J connectivity index is 2.14. The van der Waals surface area contributed by atoms with Crippen molar-refractivity contribution in [1.29, 1.82) is 0 Å². The Morgan fingerprint density at radius 3 is 3.00 bits per heavy atom.